The minimum atomic E-state index is 0. The number of hydrogen-bond donors (Lipinski definition) is 0. The largest absolute Gasteiger partial charge is 0.153 e. The Hall–Kier alpha value is 1.29. The van der Waals surface area contributed by atoms with E-state index >= 15 is 0 Å². The zero-order valence-corrected chi connectivity index (χ0v) is 13.0. The van der Waals surface area contributed by atoms with Crippen molar-refractivity contribution in [3.8, 4) is 0 Å². The Kier molecular flexibility index (Phi) is 296. The molecule has 0 radical (unpaired) electrons. The van der Waals surface area contributed by atoms with Crippen molar-refractivity contribution in [2.75, 3.05) is 0 Å². The summed E-state index contributed by atoms with van der Waals surface area (Å²) >= 11 is 0. The Morgan fingerprint density at radius 3 is 0.727 bits per heavy atom. The van der Waals surface area contributed by atoms with Gasteiger partial charge in [-0.15, -0.1) is 17.9 Å². The minimum absolute atomic E-state index is 0. The van der Waals surface area contributed by atoms with Gasteiger partial charge in [0.05, 0.1) is 0 Å². The Morgan fingerprint density at radius 2 is 0.727 bits per heavy atom. The zero-order chi connectivity index (χ0) is 9.41. The smallest absolute Gasteiger partial charge is 0.0590 e. The van der Waals surface area contributed by atoms with Gasteiger partial charge in [0.15, 0.2) is 0 Å². The minimum Gasteiger partial charge on any atom is -0.153 e. The number of hydrogen-bond acceptors (Lipinski definition) is 0. The molecular formula is C8H29P3. The Labute approximate surface area is 82.6 Å². The number of rotatable bonds is 0. The van der Waals surface area contributed by atoms with Crippen LogP contribution in [-0.2, 0) is 0 Å². The first-order valence-electron chi connectivity index (χ1n) is 4.16. The lowest BCUT2D eigenvalue weighted by molar-refractivity contribution is 1.09. The van der Waals surface area contributed by atoms with Crippen LogP contribution in [0.4, 0.5) is 0 Å². The van der Waals surface area contributed by atoms with Gasteiger partial charge in [-0.25, -0.2) is 0 Å². The van der Waals surface area contributed by atoms with Gasteiger partial charge in [-0.3, -0.25) is 0 Å². The molecule has 0 saturated carbocycles. The van der Waals surface area contributed by atoms with Gasteiger partial charge in [0.25, 0.3) is 0 Å². The van der Waals surface area contributed by atoms with Gasteiger partial charge in [0.2, 0.25) is 0 Å². The second-order valence-electron chi connectivity index (χ2n) is 1.41. The van der Waals surface area contributed by atoms with E-state index in [1.165, 1.54) is 12.8 Å². The van der Waals surface area contributed by atoms with Crippen molar-refractivity contribution in [3.63, 3.8) is 0 Å². The van der Waals surface area contributed by atoms with Crippen molar-refractivity contribution < 1.29 is 0 Å². The van der Waals surface area contributed by atoms with Crippen molar-refractivity contribution >= 4 is 27.8 Å². The predicted octanol–water partition coefficient (Wildman–Crippen LogP) is 4.57. The molecule has 3 atom stereocenters. The van der Waals surface area contributed by atoms with Crippen LogP contribution in [0.5, 0.6) is 0 Å². The Morgan fingerprint density at radius 1 is 0.727 bits per heavy atom. The van der Waals surface area contributed by atoms with Crippen LogP contribution in [-0.4, -0.2) is 0 Å². The van der Waals surface area contributed by atoms with E-state index in [1.807, 2.05) is 13.8 Å². The molecule has 0 fully saturated rings. The lowest BCUT2D eigenvalue weighted by Gasteiger charge is -1.48. The third-order valence-corrected chi connectivity index (χ3v) is 0. The highest BCUT2D eigenvalue weighted by Gasteiger charge is 1.36. The van der Waals surface area contributed by atoms with Crippen LogP contribution in [0.1, 0.15) is 54.4 Å². The van der Waals surface area contributed by atoms with Crippen molar-refractivity contribution in [1.82, 2.24) is 0 Å². The molecule has 0 aliphatic rings. The monoisotopic (exact) mass is 218 g/mol. The predicted molar refractivity (Wildman–Crippen MR) is 73.8 cm³/mol. The molecule has 0 heterocycles. The van der Waals surface area contributed by atoms with E-state index in [1.54, 1.807) is 0 Å². The molecule has 0 amide bonds. The second-order valence-corrected chi connectivity index (χ2v) is 1.41. The molecule has 0 aliphatic heterocycles. The summed E-state index contributed by atoms with van der Waals surface area (Å²) in [5.41, 5.74) is 0. The van der Waals surface area contributed by atoms with E-state index < -0.39 is 0 Å². The van der Waals surface area contributed by atoms with Crippen LogP contribution in [0.3, 0.4) is 0 Å². The average molecular weight is 218 g/mol. The molecule has 0 aliphatic carbocycles. The third-order valence-electron chi connectivity index (χ3n) is 0. The van der Waals surface area contributed by atoms with Crippen molar-refractivity contribution in [3.05, 3.63) is 0 Å². The fourth-order valence-electron chi connectivity index (χ4n) is 0. The van der Waals surface area contributed by atoms with Crippen molar-refractivity contribution in [2.45, 2.75) is 54.4 Å². The van der Waals surface area contributed by atoms with Crippen LogP contribution < -0.4 is 0 Å². The fraction of sp³-hybridized carbons (Fsp3) is 1.00. The van der Waals surface area contributed by atoms with Crippen LogP contribution >= 0.6 is 27.8 Å². The Balaban J connectivity index is -0.0000000144. The van der Waals surface area contributed by atoms with Crippen molar-refractivity contribution in [2.24, 2.45) is 0 Å². The quantitative estimate of drug-likeness (QED) is 0.522. The summed E-state index contributed by atoms with van der Waals surface area (Å²) in [5, 5.41) is 0. The fourth-order valence-corrected chi connectivity index (χ4v) is 0. The summed E-state index contributed by atoms with van der Waals surface area (Å²) < 4.78 is 0. The van der Waals surface area contributed by atoms with E-state index in [-0.39, 0.29) is 9.90 Å². The van der Waals surface area contributed by atoms with Gasteiger partial charge in [-0.2, -0.15) is 9.90 Å². The van der Waals surface area contributed by atoms with E-state index in [2.05, 4.69) is 45.6 Å². The molecule has 0 aromatic heterocycles. The first-order chi connectivity index (χ1) is 4.83. The summed E-state index contributed by atoms with van der Waals surface area (Å²) in [6.45, 7) is 12.5. The lowest BCUT2D eigenvalue weighted by atomic mass is 10.6. The maximum atomic E-state index is 2.33. The van der Waals surface area contributed by atoms with Crippen LogP contribution in [0, 0.1) is 0 Å². The summed E-state index contributed by atoms with van der Waals surface area (Å²) in [6, 6.07) is 0. The van der Waals surface area contributed by atoms with Crippen LogP contribution in [0.15, 0.2) is 0 Å². The summed E-state index contributed by atoms with van der Waals surface area (Å²) in [5.74, 6) is 0. The molecule has 76 valence electrons. The summed E-state index contributed by atoms with van der Waals surface area (Å²) in [7, 11) is 4.67. The molecule has 0 bridgehead atoms. The highest BCUT2D eigenvalue weighted by atomic mass is 32.0. The highest BCUT2D eigenvalue weighted by Crippen LogP contribution is 1.86. The molecule has 0 aromatic carbocycles. The maximum Gasteiger partial charge on any atom is -0.0590 e. The van der Waals surface area contributed by atoms with E-state index in [9.17, 15) is 0 Å². The van der Waals surface area contributed by atoms with Gasteiger partial charge < -0.3 is 0 Å². The lowest BCUT2D eigenvalue weighted by Crippen LogP contribution is -1.27. The molecule has 0 rings (SSSR count). The standard InChI is InChI=1S/2C3H8.C2H6.H4P2.H3P/c2*1-3-2;2*1-2;/h2*3H2,1-2H3;1-2H3;1-2H2;1H3. The summed E-state index contributed by atoms with van der Waals surface area (Å²) in [6.07, 6.45) is 2.50. The SMILES string of the molecule is CC.CCC.CCC.P.PP. The molecule has 0 saturated heterocycles. The van der Waals surface area contributed by atoms with E-state index in [4.69, 9.17) is 0 Å². The average Bonchev–Trinajstić information content (AvgIpc) is 1.99. The first kappa shape index (κ1) is 29.5. The molecular weight excluding hydrogens is 189 g/mol. The van der Waals surface area contributed by atoms with Gasteiger partial charge in [0, 0.05) is 0 Å². The third kappa shape index (κ3) is 586. The van der Waals surface area contributed by atoms with Crippen LogP contribution in [0.2, 0.25) is 0 Å². The molecule has 0 N–H and O–H groups in total. The van der Waals surface area contributed by atoms with Gasteiger partial charge >= 0.3 is 0 Å². The molecule has 3 unspecified atom stereocenters. The topological polar surface area (TPSA) is 0 Å². The molecule has 3 heteroatoms. The Bertz CT molecular complexity index is 11.3. The normalized spacial score (nSPS) is 4.36. The van der Waals surface area contributed by atoms with Crippen molar-refractivity contribution in [1.29, 1.82) is 0 Å². The highest BCUT2D eigenvalue weighted by molar-refractivity contribution is 7.92. The summed E-state index contributed by atoms with van der Waals surface area (Å²) in [4.78, 5) is 0. The van der Waals surface area contributed by atoms with E-state index in [0.717, 1.165) is 0 Å². The zero-order valence-electron chi connectivity index (χ0n) is 9.28. The molecule has 0 nitrogen and oxygen atoms in total. The second kappa shape index (κ2) is 110. The molecule has 11 heavy (non-hydrogen) atoms. The van der Waals surface area contributed by atoms with Gasteiger partial charge in [0.1, 0.15) is 0 Å². The molecule has 0 aromatic rings. The van der Waals surface area contributed by atoms with Gasteiger partial charge in [-0.1, -0.05) is 54.4 Å². The van der Waals surface area contributed by atoms with E-state index in [0.29, 0.717) is 0 Å². The van der Waals surface area contributed by atoms with Gasteiger partial charge in [-0.05, 0) is 0 Å². The first-order valence-corrected chi connectivity index (χ1v) is 6.83. The maximum absolute atomic E-state index is 2.33. The molecule has 0 spiro atoms. The van der Waals surface area contributed by atoms with Crippen LogP contribution in [0.25, 0.3) is 0 Å².